The first-order valence-electron chi connectivity index (χ1n) is 18.9. The van der Waals surface area contributed by atoms with Gasteiger partial charge in [0, 0.05) is 22.2 Å². The number of H-pyrrole nitrogens is 2. The number of hydrogen-bond acceptors (Lipinski definition) is 2. The van der Waals surface area contributed by atoms with Crippen molar-refractivity contribution in [3.05, 3.63) is 113 Å². The van der Waals surface area contributed by atoms with Crippen LogP contribution in [0.5, 0.6) is 0 Å². The number of halogens is 2. The Balaban J connectivity index is 1.59. The number of hydrogen-bond donors (Lipinski definition) is 2. The summed E-state index contributed by atoms with van der Waals surface area (Å²) in [6.45, 7) is 27.5. The van der Waals surface area contributed by atoms with Crippen LogP contribution < -0.4 is 0 Å². The third-order valence-electron chi connectivity index (χ3n) is 10.5. The fraction of sp³-hybridized carbons (Fsp3) is 0.333. The van der Waals surface area contributed by atoms with Crippen LogP contribution in [-0.2, 0) is 21.7 Å². The van der Waals surface area contributed by atoms with Crippen LogP contribution in [-0.4, -0.2) is 19.9 Å². The molecule has 2 aliphatic heterocycles. The van der Waals surface area contributed by atoms with Gasteiger partial charge in [-0.25, -0.2) is 9.97 Å². The van der Waals surface area contributed by atoms with E-state index in [1.54, 1.807) is 0 Å². The van der Waals surface area contributed by atoms with Gasteiger partial charge in [0.25, 0.3) is 0 Å². The smallest absolute Gasteiger partial charge is 0.0792 e. The molecule has 8 bridgehead atoms. The van der Waals surface area contributed by atoms with Gasteiger partial charge in [0.1, 0.15) is 0 Å². The molecule has 2 aromatic carbocycles. The molecule has 0 saturated carbocycles. The van der Waals surface area contributed by atoms with Crippen molar-refractivity contribution in [2.45, 2.75) is 105 Å². The molecule has 0 radical (unpaired) electrons. The maximum atomic E-state index is 5.35. The molecule has 7 rings (SSSR count). The van der Waals surface area contributed by atoms with Crippen molar-refractivity contribution in [1.82, 2.24) is 19.9 Å². The van der Waals surface area contributed by atoms with Crippen LogP contribution in [0.4, 0.5) is 0 Å². The Kier molecular flexibility index (Phi) is 9.77. The molecular formula is C48H52I2N4. The highest BCUT2D eigenvalue weighted by Gasteiger charge is 2.25. The quantitative estimate of drug-likeness (QED) is 0.170. The monoisotopic (exact) mass is 938 g/mol. The van der Waals surface area contributed by atoms with E-state index in [-0.39, 0.29) is 21.7 Å². The van der Waals surface area contributed by atoms with E-state index in [0.717, 1.165) is 68.7 Å². The van der Waals surface area contributed by atoms with Gasteiger partial charge in [-0.1, -0.05) is 119 Å². The van der Waals surface area contributed by atoms with Crippen LogP contribution in [0.1, 0.15) is 128 Å². The highest BCUT2D eigenvalue weighted by Crippen LogP contribution is 2.40. The number of fused-ring (bicyclic) bond motifs is 8. The molecule has 0 amide bonds. The van der Waals surface area contributed by atoms with Crippen LogP contribution in [0.3, 0.4) is 0 Å². The van der Waals surface area contributed by atoms with Gasteiger partial charge in [-0.3, -0.25) is 0 Å². The maximum Gasteiger partial charge on any atom is 0.0792 e. The van der Waals surface area contributed by atoms with Crippen LogP contribution in [0.2, 0.25) is 0 Å². The van der Waals surface area contributed by atoms with E-state index in [1.807, 2.05) is 0 Å². The third kappa shape index (κ3) is 7.54. The summed E-state index contributed by atoms with van der Waals surface area (Å²) >= 11 is 4.92. The average molecular weight is 939 g/mol. The van der Waals surface area contributed by atoms with Crippen molar-refractivity contribution in [1.29, 1.82) is 0 Å². The summed E-state index contributed by atoms with van der Waals surface area (Å²) in [5.74, 6) is 0. The van der Waals surface area contributed by atoms with E-state index in [4.69, 9.17) is 9.97 Å². The molecule has 5 aromatic rings. The molecule has 4 nitrogen and oxygen atoms in total. The molecule has 0 fully saturated rings. The normalized spacial score (nSPS) is 13.6. The molecule has 3 aromatic heterocycles. The van der Waals surface area contributed by atoms with Gasteiger partial charge in [-0.05, 0) is 149 Å². The van der Waals surface area contributed by atoms with Crippen molar-refractivity contribution < 1.29 is 0 Å². The number of benzene rings is 2. The highest BCUT2D eigenvalue weighted by atomic mass is 127. The van der Waals surface area contributed by atoms with E-state index in [9.17, 15) is 0 Å². The minimum Gasteiger partial charge on any atom is -0.354 e. The highest BCUT2D eigenvalue weighted by molar-refractivity contribution is 14.1. The van der Waals surface area contributed by atoms with Crippen LogP contribution in [0, 0.1) is 7.14 Å². The average Bonchev–Trinajstić information content (AvgIpc) is 3.91. The van der Waals surface area contributed by atoms with Crippen molar-refractivity contribution in [3.8, 4) is 22.3 Å². The first-order chi connectivity index (χ1) is 25.1. The summed E-state index contributed by atoms with van der Waals surface area (Å²) in [7, 11) is 0. The fourth-order valence-corrected chi connectivity index (χ4v) is 8.25. The fourth-order valence-electron chi connectivity index (χ4n) is 7.02. The van der Waals surface area contributed by atoms with Gasteiger partial charge >= 0.3 is 0 Å². The van der Waals surface area contributed by atoms with Crippen molar-refractivity contribution in [3.63, 3.8) is 0 Å². The van der Waals surface area contributed by atoms with E-state index < -0.39 is 0 Å². The van der Waals surface area contributed by atoms with Gasteiger partial charge in [0.05, 0.1) is 40.9 Å². The Morgan fingerprint density at radius 1 is 0.389 bits per heavy atom. The van der Waals surface area contributed by atoms with Crippen LogP contribution >= 0.6 is 45.2 Å². The topological polar surface area (TPSA) is 57.4 Å². The minimum atomic E-state index is -0.0225. The minimum absolute atomic E-state index is 0.0104. The Hall–Kier alpha value is -3.50. The van der Waals surface area contributed by atoms with E-state index in [0.29, 0.717) is 0 Å². The molecule has 0 saturated heterocycles. The summed E-state index contributed by atoms with van der Waals surface area (Å²) in [5, 5.41) is 0. The molecule has 0 unspecified atom stereocenters. The zero-order valence-electron chi connectivity index (χ0n) is 33.7. The lowest BCUT2D eigenvalue weighted by atomic mass is 9.78. The molecule has 54 heavy (non-hydrogen) atoms. The number of rotatable bonds is 2. The van der Waals surface area contributed by atoms with Crippen molar-refractivity contribution in [2.75, 3.05) is 0 Å². The first-order valence-corrected chi connectivity index (χ1v) is 21.0. The summed E-state index contributed by atoms with van der Waals surface area (Å²) < 4.78 is 2.14. The molecule has 2 aliphatic rings. The van der Waals surface area contributed by atoms with Gasteiger partial charge in [0.2, 0.25) is 0 Å². The molecule has 0 atom stereocenters. The maximum absolute atomic E-state index is 5.35. The van der Waals surface area contributed by atoms with E-state index in [1.165, 1.54) is 27.8 Å². The second-order valence-electron chi connectivity index (χ2n) is 19.0. The molecule has 2 N–H and O–H groups in total. The lowest BCUT2D eigenvalue weighted by Crippen LogP contribution is -2.16. The van der Waals surface area contributed by atoms with Gasteiger partial charge in [-0.15, -0.1) is 0 Å². The summed E-state index contributed by atoms with van der Waals surface area (Å²) in [4.78, 5) is 18.4. The third-order valence-corrected chi connectivity index (χ3v) is 12.8. The Labute approximate surface area is 348 Å². The number of aromatic amines is 2. The second-order valence-corrected chi connectivity index (χ2v) is 21.1. The number of nitrogens with one attached hydrogen (secondary N) is 2. The lowest BCUT2D eigenvalue weighted by Gasteiger charge is -2.26. The van der Waals surface area contributed by atoms with E-state index >= 15 is 0 Å². The Morgan fingerprint density at radius 3 is 1.02 bits per heavy atom. The van der Waals surface area contributed by atoms with Crippen LogP contribution in [0.25, 0.3) is 68.6 Å². The summed E-state index contributed by atoms with van der Waals surface area (Å²) in [5.41, 5.74) is 17.6. The first kappa shape index (κ1) is 38.8. The number of nitrogens with zero attached hydrogens (tertiary/aromatic N) is 2. The molecule has 0 aliphatic carbocycles. The van der Waals surface area contributed by atoms with Crippen molar-refractivity contribution >= 4 is 91.6 Å². The molecular weight excluding hydrogens is 886 g/mol. The largest absolute Gasteiger partial charge is 0.354 e. The molecule has 0 spiro atoms. The van der Waals surface area contributed by atoms with Gasteiger partial charge in [0.15, 0.2) is 0 Å². The number of aromatic nitrogens is 4. The van der Waals surface area contributed by atoms with Gasteiger partial charge in [-0.2, -0.15) is 0 Å². The standard InChI is InChI=1S/C48H52I2N4/c1-45(2,3)29-21-27(22-30(25-29)46(4,5)6)41-33-13-17-37(51-33)43(49)39-19-15-35(53-39)42(28-23-31(47(7,8)9)26-32(24-28)48(10,11)12)36-16-20-40(54-36)44(50)38-18-14-34(41)52-38/h13-26,51-52H,1-12H3. The van der Waals surface area contributed by atoms with E-state index in [2.05, 4.69) is 223 Å². The molecule has 278 valence electrons. The predicted octanol–water partition coefficient (Wildman–Crippen LogP) is 14.4. The second kappa shape index (κ2) is 13.6. The lowest BCUT2D eigenvalue weighted by molar-refractivity contribution is 0.568. The van der Waals surface area contributed by atoms with Crippen LogP contribution in [0.15, 0.2) is 60.7 Å². The zero-order chi connectivity index (χ0) is 39.1. The summed E-state index contributed by atoms with van der Waals surface area (Å²) in [6.07, 6.45) is 8.62. The predicted molar refractivity (Wildman–Crippen MR) is 250 cm³/mol. The Bertz CT molecular complexity index is 2380. The zero-order valence-corrected chi connectivity index (χ0v) is 38.0. The molecule has 6 heteroatoms. The summed E-state index contributed by atoms with van der Waals surface area (Å²) in [6, 6.07) is 23.0. The molecule has 5 heterocycles. The SMILES string of the molecule is CC(C)(C)c1cc(-c2c3nc(c(I)c4ccc([nH]4)c(-c4cc(C(C)(C)C)cc(C(C)(C)C)c4)c4ccc([nH]4)c(I)c4nc2C=C4)C=C3)cc(C(C)(C)C)c1. The van der Waals surface area contributed by atoms with Gasteiger partial charge < -0.3 is 9.97 Å². The Morgan fingerprint density at radius 2 is 0.685 bits per heavy atom. The van der Waals surface area contributed by atoms with Crippen molar-refractivity contribution in [2.24, 2.45) is 0 Å².